The van der Waals surface area contributed by atoms with E-state index >= 15 is 0 Å². The van der Waals surface area contributed by atoms with Gasteiger partial charge in [0.25, 0.3) is 0 Å². The Morgan fingerprint density at radius 2 is 2.00 bits per heavy atom. The van der Waals surface area contributed by atoms with Crippen molar-refractivity contribution in [3.05, 3.63) is 30.1 Å². The van der Waals surface area contributed by atoms with Gasteiger partial charge in [0.2, 0.25) is 5.91 Å². The summed E-state index contributed by atoms with van der Waals surface area (Å²) in [5.74, 6) is -2.23. The molecule has 1 fully saturated rings. The lowest BCUT2D eigenvalue weighted by molar-refractivity contribution is -0.141. The largest absolute Gasteiger partial charge is 0.481 e. The average Bonchev–Trinajstić information content (AvgIpc) is 2.78. The van der Waals surface area contributed by atoms with Crippen LogP contribution in [0.5, 0.6) is 0 Å². The molecule has 0 aliphatic heterocycles. The summed E-state index contributed by atoms with van der Waals surface area (Å²) in [6, 6.07) is 5.65. The van der Waals surface area contributed by atoms with Crippen molar-refractivity contribution in [3.8, 4) is 0 Å². The van der Waals surface area contributed by atoms with Gasteiger partial charge in [-0.3, -0.25) is 9.59 Å². The lowest BCUT2D eigenvalue weighted by Gasteiger charge is -2.10. The van der Waals surface area contributed by atoms with Crippen molar-refractivity contribution in [2.75, 3.05) is 5.32 Å². The van der Waals surface area contributed by atoms with E-state index in [4.69, 9.17) is 5.11 Å². The van der Waals surface area contributed by atoms with E-state index < -0.39 is 17.7 Å². The Balaban J connectivity index is 1.95. The van der Waals surface area contributed by atoms with Crippen LogP contribution in [0.3, 0.4) is 0 Å². The van der Waals surface area contributed by atoms with Gasteiger partial charge in [-0.1, -0.05) is 6.07 Å². The Kier molecular flexibility index (Phi) is 3.60. The third-order valence-corrected chi connectivity index (χ3v) is 3.24. The molecule has 18 heavy (non-hydrogen) atoms. The number of anilines is 1. The van der Waals surface area contributed by atoms with Crippen LogP contribution in [0.4, 0.5) is 10.1 Å². The van der Waals surface area contributed by atoms with Crippen LogP contribution in [0.1, 0.15) is 19.3 Å². The number of carboxylic acids is 1. The van der Waals surface area contributed by atoms with Crippen molar-refractivity contribution in [2.45, 2.75) is 19.3 Å². The van der Waals surface area contributed by atoms with Crippen LogP contribution >= 0.6 is 0 Å². The number of carbonyl (C=O) groups excluding carboxylic acids is 1. The summed E-state index contributed by atoms with van der Waals surface area (Å²) < 4.78 is 12.9. The van der Waals surface area contributed by atoms with E-state index in [9.17, 15) is 14.0 Å². The van der Waals surface area contributed by atoms with Crippen molar-refractivity contribution in [1.82, 2.24) is 0 Å². The fraction of sp³-hybridized carbons (Fsp3) is 0.385. The zero-order chi connectivity index (χ0) is 13.1. The molecule has 1 aliphatic rings. The molecule has 1 amide bonds. The predicted octanol–water partition coefficient (Wildman–Crippen LogP) is 2.27. The van der Waals surface area contributed by atoms with E-state index in [2.05, 4.69) is 5.32 Å². The summed E-state index contributed by atoms with van der Waals surface area (Å²) in [6.45, 7) is 0. The zero-order valence-corrected chi connectivity index (χ0v) is 9.73. The maximum atomic E-state index is 12.9. The van der Waals surface area contributed by atoms with Crippen LogP contribution in [0, 0.1) is 17.7 Å². The molecule has 0 unspecified atom stereocenters. The highest BCUT2D eigenvalue weighted by Crippen LogP contribution is 2.31. The number of hydrogen-bond acceptors (Lipinski definition) is 2. The van der Waals surface area contributed by atoms with Gasteiger partial charge in [-0.25, -0.2) is 4.39 Å². The fourth-order valence-electron chi connectivity index (χ4n) is 2.25. The van der Waals surface area contributed by atoms with Crippen molar-refractivity contribution >= 4 is 17.6 Å². The topological polar surface area (TPSA) is 66.4 Å². The molecule has 0 spiro atoms. The SMILES string of the molecule is O=C(O)[C@@H]1CC[C@H](C(=O)Nc2cccc(F)c2)C1. The average molecular weight is 251 g/mol. The second-order valence-corrected chi connectivity index (χ2v) is 4.54. The summed E-state index contributed by atoms with van der Waals surface area (Å²) >= 11 is 0. The number of hydrogen-bond donors (Lipinski definition) is 2. The highest BCUT2D eigenvalue weighted by Gasteiger charge is 2.33. The summed E-state index contributed by atoms with van der Waals surface area (Å²) in [5.41, 5.74) is 0.402. The molecule has 1 aromatic carbocycles. The van der Waals surface area contributed by atoms with E-state index in [1.807, 2.05) is 0 Å². The van der Waals surface area contributed by atoms with Gasteiger partial charge < -0.3 is 10.4 Å². The van der Waals surface area contributed by atoms with Gasteiger partial charge in [-0.2, -0.15) is 0 Å². The van der Waals surface area contributed by atoms with E-state index in [1.165, 1.54) is 18.2 Å². The highest BCUT2D eigenvalue weighted by atomic mass is 19.1. The fourth-order valence-corrected chi connectivity index (χ4v) is 2.25. The Morgan fingerprint density at radius 3 is 2.61 bits per heavy atom. The Bertz CT molecular complexity index is 475. The Morgan fingerprint density at radius 1 is 1.28 bits per heavy atom. The molecule has 2 N–H and O–H groups in total. The van der Waals surface area contributed by atoms with E-state index in [-0.39, 0.29) is 11.8 Å². The lowest BCUT2D eigenvalue weighted by Crippen LogP contribution is -2.21. The first-order valence-corrected chi connectivity index (χ1v) is 5.85. The van der Waals surface area contributed by atoms with Crippen molar-refractivity contribution in [3.63, 3.8) is 0 Å². The number of nitrogens with one attached hydrogen (secondary N) is 1. The van der Waals surface area contributed by atoms with Crippen LogP contribution in [-0.2, 0) is 9.59 Å². The first-order chi connectivity index (χ1) is 8.56. The first kappa shape index (κ1) is 12.5. The van der Waals surface area contributed by atoms with Crippen molar-refractivity contribution < 1.29 is 19.1 Å². The number of benzene rings is 1. The predicted molar refractivity (Wildman–Crippen MR) is 63.5 cm³/mol. The Labute approximate surface area is 104 Å². The van der Waals surface area contributed by atoms with Crippen LogP contribution in [0.2, 0.25) is 0 Å². The zero-order valence-electron chi connectivity index (χ0n) is 9.73. The highest BCUT2D eigenvalue weighted by molar-refractivity contribution is 5.93. The molecule has 0 aromatic heterocycles. The minimum atomic E-state index is -0.851. The molecule has 1 aliphatic carbocycles. The normalized spacial score (nSPS) is 22.7. The maximum absolute atomic E-state index is 12.9. The van der Waals surface area contributed by atoms with Gasteiger partial charge in [0.1, 0.15) is 5.82 Å². The molecule has 0 saturated heterocycles. The summed E-state index contributed by atoms with van der Waals surface area (Å²) in [5, 5.41) is 11.5. The number of amides is 1. The van der Waals surface area contributed by atoms with Gasteiger partial charge >= 0.3 is 5.97 Å². The number of rotatable bonds is 3. The molecular formula is C13H14FNO3. The van der Waals surface area contributed by atoms with Crippen LogP contribution in [0.25, 0.3) is 0 Å². The van der Waals surface area contributed by atoms with E-state index in [0.29, 0.717) is 24.9 Å². The second-order valence-electron chi connectivity index (χ2n) is 4.54. The third-order valence-electron chi connectivity index (χ3n) is 3.24. The molecule has 2 rings (SSSR count). The molecule has 5 heteroatoms. The molecule has 0 radical (unpaired) electrons. The maximum Gasteiger partial charge on any atom is 0.306 e. The first-order valence-electron chi connectivity index (χ1n) is 5.85. The molecule has 96 valence electrons. The number of carbonyl (C=O) groups is 2. The Hall–Kier alpha value is -1.91. The number of aliphatic carboxylic acids is 1. The van der Waals surface area contributed by atoms with E-state index in [1.54, 1.807) is 6.07 Å². The second kappa shape index (κ2) is 5.16. The summed E-state index contributed by atoms with van der Waals surface area (Å²) in [4.78, 5) is 22.7. The third kappa shape index (κ3) is 2.85. The lowest BCUT2D eigenvalue weighted by atomic mass is 10.0. The molecule has 1 saturated carbocycles. The standard InChI is InChI=1S/C13H14FNO3/c14-10-2-1-3-11(7-10)15-12(16)8-4-5-9(6-8)13(17)18/h1-3,7-9H,4-6H2,(H,15,16)(H,17,18)/t8-,9+/m0/s1. The van der Waals surface area contributed by atoms with Gasteiger partial charge in [-0.05, 0) is 37.5 Å². The van der Waals surface area contributed by atoms with Gasteiger partial charge in [-0.15, -0.1) is 0 Å². The molecule has 0 bridgehead atoms. The van der Waals surface area contributed by atoms with Gasteiger partial charge in [0, 0.05) is 11.6 Å². The monoisotopic (exact) mass is 251 g/mol. The molecule has 2 atom stereocenters. The summed E-state index contributed by atoms with van der Waals surface area (Å²) in [7, 11) is 0. The molecule has 1 aromatic rings. The van der Waals surface area contributed by atoms with Crippen LogP contribution in [-0.4, -0.2) is 17.0 Å². The number of carboxylic acid groups (broad SMARTS) is 1. The van der Waals surface area contributed by atoms with Crippen LogP contribution in [0.15, 0.2) is 24.3 Å². The van der Waals surface area contributed by atoms with Crippen molar-refractivity contribution in [2.24, 2.45) is 11.8 Å². The number of halogens is 1. The van der Waals surface area contributed by atoms with E-state index in [0.717, 1.165) is 0 Å². The quantitative estimate of drug-likeness (QED) is 0.866. The molecule has 4 nitrogen and oxygen atoms in total. The van der Waals surface area contributed by atoms with Crippen molar-refractivity contribution in [1.29, 1.82) is 0 Å². The van der Waals surface area contributed by atoms with Crippen LogP contribution < -0.4 is 5.32 Å². The minimum absolute atomic E-state index is 0.232. The minimum Gasteiger partial charge on any atom is -0.481 e. The summed E-state index contributed by atoms with van der Waals surface area (Å²) in [6.07, 6.45) is 1.45. The smallest absolute Gasteiger partial charge is 0.306 e. The molecule has 0 heterocycles. The van der Waals surface area contributed by atoms with Gasteiger partial charge in [0.15, 0.2) is 0 Å². The molecular weight excluding hydrogens is 237 g/mol. The van der Waals surface area contributed by atoms with Gasteiger partial charge in [0.05, 0.1) is 5.92 Å².